The van der Waals surface area contributed by atoms with Crippen LogP contribution in [0, 0.1) is 6.92 Å². The van der Waals surface area contributed by atoms with Crippen molar-refractivity contribution in [2.45, 2.75) is 13.5 Å². The largest absolute Gasteiger partial charge is 0.507 e. The molecule has 2 N–H and O–H groups in total. The Morgan fingerprint density at radius 3 is 2.76 bits per heavy atom. The normalized spacial score (nSPS) is 10.2. The predicted octanol–water partition coefficient (Wildman–Crippen LogP) is 3.29. The molecule has 0 unspecified atom stereocenters. The average molecular weight is 306 g/mol. The highest BCUT2D eigenvalue weighted by atomic mass is 35.5. The van der Waals surface area contributed by atoms with E-state index in [0.29, 0.717) is 16.3 Å². The van der Waals surface area contributed by atoms with Crippen molar-refractivity contribution >= 4 is 17.5 Å². The van der Waals surface area contributed by atoms with Gasteiger partial charge in [0, 0.05) is 17.1 Å². The number of hydrogen-bond acceptors (Lipinski definition) is 3. The molecule has 0 saturated heterocycles. The third-order valence-electron chi connectivity index (χ3n) is 3.12. The first-order valence-corrected chi connectivity index (χ1v) is 6.80. The minimum absolute atomic E-state index is 0.0429. The smallest absolute Gasteiger partial charge is 0.255 e. The van der Waals surface area contributed by atoms with Gasteiger partial charge in [-0.3, -0.25) is 4.79 Å². The maximum absolute atomic E-state index is 12.1. The quantitative estimate of drug-likeness (QED) is 0.911. The minimum Gasteiger partial charge on any atom is -0.507 e. The number of phenols is 1. The Bertz CT molecular complexity index is 671. The third-order valence-corrected chi connectivity index (χ3v) is 3.47. The Balaban J connectivity index is 2.15. The molecule has 0 bridgehead atoms. The van der Waals surface area contributed by atoms with Gasteiger partial charge < -0.3 is 15.2 Å². The summed E-state index contributed by atoms with van der Waals surface area (Å²) in [6, 6.07) is 10.2. The standard InChI is InChI=1S/C16H16ClNO3/c1-10-6-7-11(14(19)8-10)16(20)18-9-12-13(17)4-3-5-15(12)21-2/h3-8,19H,9H2,1-2H3,(H,18,20). The monoisotopic (exact) mass is 305 g/mol. The number of aryl methyl sites for hydroxylation is 1. The minimum atomic E-state index is -0.366. The van der Waals surface area contributed by atoms with Gasteiger partial charge in [-0.2, -0.15) is 0 Å². The van der Waals surface area contributed by atoms with Crippen LogP contribution in [0.3, 0.4) is 0 Å². The van der Waals surface area contributed by atoms with E-state index in [9.17, 15) is 9.90 Å². The van der Waals surface area contributed by atoms with Gasteiger partial charge in [0.15, 0.2) is 0 Å². The number of ether oxygens (including phenoxy) is 1. The third kappa shape index (κ3) is 3.47. The van der Waals surface area contributed by atoms with E-state index in [4.69, 9.17) is 16.3 Å². The maximum atomic E-state index is 12.1. The van der Waals surface area contributed by atoms with Gasteiger partial charge in [0.1, 0.15) is 11.5 Å². The summed E-state index contributed by atoms with van der Waals surface area (Å²) in [4.78, 5) is 12.1. The molecule has 5 heteroatoms. The molecule has 0 heterocycles. The van der Waals surface area contributed by atoms with E-state index in [2.05, 4.69) is 5.32 Å². The maximum Gasteiger partial charge on any atom is 0.255 e. The highest BCUT2D eigenvalue weighted by molar-refractivity contribution is 6.31. The second-order valence-electron chi connectivity index (χ2n) is 4.62. The Hall–Kier alpha value is -2.20. The molecule has 4 nitrogen and oxygen atoms in total. The summed E-state index contributed by atoms with van der Waals surface area (Å²) in [6.45, 7) is 2.06. The van der Waals surface area contributed by atoms with Crippen molar-refractivity contribution < 1.29 is 14.6 Å². The number of methoxy groups -OCH3 is 1. The zero-order valence-corrected chi connectivity index (χ0v) is 12.6. The number of halogens is 1. The molecular formula is C16H16ClNO3. The molecule has 0 spiro atoms. The van der Waals surface area contributed by atoms with Crippen LogP contribution < -0.4 is 10.1 Å². The average Bonchev–Trinajstić information content (AvgIpc) is 2.45. The van der Waals surface area contributed by atoms with E-state index in [1.165, 1.54) is 0 Å². The van der Waals surface area contributed by atoms with Crippen LogP contribution in [0.4, 0.5) is 0 Å². The van der Waals surface area contributed by atoms with Crippen LogP contribution in [0.25, 0.3) is 0 Å². The number of carbonyl (C=O) groups excluding carboxylic acids is 1. The SMILES string of the molecule is COc1cccc(Cl)c1CNC(=O)c1ccc(C)cc1O. The fourth-order valence-electron chi connectivity index (χ4n) is 2.00. The van der Waals surface area contributed by atoms with Crippen LogP contribution in [-0.4, -0.2) is 18.1 Å². The van der Waals surface area contributed by atoms with Crippen molar-refractivity contribution in [2.75, 3.05) is 7.11 Å². The van der Waals surface area contributed by atoms with Gasteiger partial charge in [-0.15, -0.1) is 0 Å². The van der Waals surface area contributed by atoms with Crippen molar-refractivity contribution in [3.05, 3.63) is 58.1 Å². The molecule has 0 saturated carbocycles. The van der Waals surface area contributed by atoms with Gasteiger partial charge in [0.25, 0.3) is 5.91 Å². The Morgan fingerprint density at radius 2 is 2.10 bits per heavy atom. The fourth-order valence-corrected chi connectivity index (χ4v) is 2.23. The van der Waals surface area contributed by atoms with Crippen molar-refractivity contribution in [2.24, 2.45) is 0 Å². The van der Waals surface area contributed by atoms with Crippen molar-refractivity contribution in [1.29, 1.82) is 0 Å². The molecular weight excluding hydrogens is 290 g/mol. The van der Waals surface area contributed by atoms with E-state index in [-0.39, 0.29) is 23.8 Å². The van der Waals surface area contributed by atoms with E-state index >= 15 is 0 Å². The molecule has 2 aromatic carbocycles. The summed E-state index contributed by atoms with van der Waals surface area (Å²) in [5.41, 5.74) is 1.81. The fraction of sp³-hybridized carbons (Fsp3) is 0.188. The molecule has 0 fully saturated rings. The summed E-state index contributed by atoms with van der Waals surface area (Å²) in [5, 5.41) is 13.0. The first-order chi connectivity index (χ1) is 10.0. The molecule has 0 aliphatic carbocycles. The zero-order chi connectivity index (χ0) is 15.4. The Labute approximate surface area is 128 Å². The lowest BCUT2D eigenvalue weighted by atomic mass is 10.1. The van der Waals surface area contributed by atoms with Crippen LogP contribution in [0.2, 0.25) is 5.02 Å². The van der Waals surface area contributed by atoms with Gasteiger partial charge in [-0.1, -0.05) is 23.7 Å². The Kier molecular flexibility index (Phi) is 4.70. The van der Waals surface area contributed by atoms with Crippen molar-refractivity contribution in [1.82, 2.24) is 5.32 Å². The molecule has 0 atom stereocenters. The van der Waals surface area contributed by atoms with Crippen molar-refractivity contribution in [3.63, 3.8) is 0 Å². The van der Waals surface area contributed by atoms with E-state index in [1.54, 1.807) is 43.5 Å². The number of carbonyl (C=O) groups is 1. The van der Waals surface area contributed by atoms with Crippen LogP contribution in [-0.2, 0) is 6.54 Å². The number of aromatic hydroxyl groups is 1. The molecule has 21 heavy (non-hydrogen) atoms. The molecule has 0 aliphatic heterocycles. The lowest BCUT2D eigenvalue weighted by Gasteiger charge is -2.12. The highest BCUT2D eigenvalue weighted by Crippen LogP contribution is 2.26. The Morgan fingerprint density at radius 1 is 1.33 bits per heavy atom. The van der Waals surface area contributed by atoms with E-state index in [1.807, 2.05) is 6.92 Å². The topological polar surface area (TPSA) is 58.6 Å². The lowest BCUT2D eigenvalue weighted by Crippen LogP contribution is -2.23. The number of benzene rings is 2. The molecule has 0 aliphatic rings. The van der Waals surface area contributed by atoms with E-state index < -0.39 is 0 Å². The summed E-state index contributed by atoms with van der Waals surface area (Å²) < 4.78 is 5.22. The molecule has 1 amide bonds. The number of amides is 1. The number of rotatable bonds is 4. The van der Waals surface area contributed by atoms with Crippen LogP contribution in [0.1, 0.15) is 21.5 Å². The summed E-state index contributed by atoms with van der Waals surface area (Å²) in [6.07, 6.45) is 0. The van der Waals surface area contributed by atoms with Gasteiger partial charge in [0.2, 0.25) is 0 Å². The number of nitrogens with one attached hydrogen (secondary N) is 1. The van der Waals surface area contributed by atoms with Gasteiger partial charge in [-0.05, 0) is 36.8 Å². The van der Waals surface area contributed by atoms with E-state index in [0.717, 1.165) is 5.56 Å². The molecule has 0 radical (unpaired) electrons. The lowest BCUT2D eigenvalue weighted by molar-refractivity contribution is 0.0948. The first kappa shape index (κ1) is 15.2. The van der Waals surface area contributed by atoms with Crippen LogP contribution in [0.5, 0.6) is 11.5 Å². The van der Waals surface area contributed by atoms with Crippen LogP contribution >= 0.6 is 11.6 Å². The zero-order valence-electron chi connectivity index (χ0n) is 11.8. The molecule has 2 aromatic rings. The van der Waals surface area contributed by atoms with Crippen molar-refractivity contribution in [3.8, 4) is 11.5 Å². The first-order valence-electron chi connectivity index (χ1n) is 6.42. The number of hydrogen-bond donors (Lipinski definition) is 2. The summed E-state index contributed by atoms with van der Waals surface area (Å²) in [7, 11) is 1.54. The molecule has 110 valence electrons. The highest BCUT2D eigenvalue weighted by Gasteiger charge is 2.13. The predicted molar refractivity (Wildman–Crippen MR) is 82.0 cm³/mol. The summed E-state index contributed by atoms with van der Waals surface area (Å²) in [5.74, 6) is 0.198. The molecule has 2 rings (SSSR count). The summed E-state index contributed by atoms with van der Waals surface area (Å²) >= 11 is 6.11. The number of phenolic OH excluding ortho intramolecular Hbond substituents is 1. The van der Waals surface area contributed by atoms with Gasteiger partial charge >= 0.3 is 0 Å². The van der Waals surface area contributed by atoms with Gasteiger partial charge in [0.05, 0.1) is 12.7 Å². The van der Waals surface area contributed by atoms with Crippen LogP contribution in [0.15, 0.2) is 36.4 Å². The second-order valence-corrected chi connectivity index (χ2v) is 5.03. The second kappa shape index (κ2) is 6.50. The van der Waals surface area contributed by atoms with Gasteiger partial charge in [-0.25, -0.2) is 0 Å². The molecule has 0 aromatic heterocycles.